The number of nitrogens with zero attached hydrogens (tertiary/aromatic N) is 2. The number of carbonyl (C=O) groups is 1. The zero-order valence-electron chi connectivity index (χ0n) is 16.6. The van der Waals surface area contributed by atoms with Crippen LogP contribution in [0.4, 0.5) is 0 Å². The predicted octanol–water partition coefficient (Wildman–Crippen LogP) is 2.56. The molecule has 0 saturated carbocycles. The summed E-state index contributed by atoms with van der Waals surface area (Å²) in [5, 5.41) is 3.18. The first-order chi connectivity index (χ1) is 13.9. The van der Waals surface area contributed by atoms with Gasteiger partial charge in [-0.2, -0.15) is 4.31 Å². The van der Waals surface area contributed by atoms with Crippen LogP contribution in [0.5, 0.6) is 0 Å². The molecular formula is C21H27N3O3S2. The molecule has 0 radical (unpaired) electrons. The first kappa shape index (κ1) is 20.5. The molecule has 6 nitrogen and oxygen atoms in total. The van der Waals surface area contributed by atoms with Crippen LogP contribution in [-0.4, -0.2) is 56.3 Å². The van der Waals surface area contributed by atoms with Crippen LogP contribution in [0.3, 0.4) is 0 Å². The highest BCUT2D eigenvalue weighted by Crippen LogP contribution is 2.29. The average Bonchev–Trinajstić information content (AvgIpc) is 3.16. The Morgan fingerprint density at radius 1 is 1.14 bits per heavy atom. The predicted molar refractivity (Wildman–Crippen MR) is 115 cm³/mol. The van der Waals surface area contributed by atoms with E-state index in [1.54, 1.807) is 6.07 Å². The third-order valence-corrected chi connectivity index (χ3v) is 9.08. The van der Waals surface area contributed by atoms with Crippen molar-refractivity contribution in [2.24, 2.45) is 0 Å². The van der Waals surface area contributed by atoms with E-state index < -0.39 is 10.0 Å². The Balaban J connectivity index is 1.31. The summed E-state index contributed by atoms with van der Waals surface area (Å²) in [6.45, 7) is 4.18. The summed E-state index contributed by atoms with van der Waals surface area (Å²) in [5.74, 6) is 0.0110. The third kappa shape index (κ3) is 4.55. The summed E-state index contributed by atoms with van der Waals surface area (Å²) < 4.78 is 27.4. The van der Waals surface area contributed by atoms with Crippen LogP contribution in [0.25, 0.3) is 0 Å². The van der Waals surface area contributed by atoms with Crippen molar-refractivity contribution in [1.29, 1.82) is 0 Å². The number of sulfonamides is 1. The minimum Gasteiger partial charge on any atom is -0.348 e. The van der Waals surface area contributed by atoms with Gasteiger partial charge in [0.25, 0.3) is 10.0 Å². The standard InChI is InChI=1S/C21H27N3O3S2/c1-16-9-10-21(28-16)29(26,27)24-13-11-23(12-14-24)15-20(25)22-19-8-4-6-17-5-2-3-7-18(17)19/h2-3,5,7,9-10,19H,4,6,8,11-15H2,1H3,(H,22,25). The van der Waals surface area contributed by atoms with Gasteiger partial charge < -0.3 is 5.32 Å². The summed E-state index contributed by atoms with van der Waals surface area (Å²) in [7, 11) is -3.42. The SMILES string of the molecule is Cc1ccc(S(=O)(=O)N2CCN(CC(=O)NC3CCCc4ccccc43)CC2)s1. The van der Waals surface area contributed by atoms with Gasteiger partial charge in [0.15, 0.2) is 0 Å². The van der Waals surface area contributed by atoms with Crippen LogP contribution in [0.1, 0.15) is 34.9 Å². The number of nitrogens with one attached hydrogen (secondary N) is 1. The largest absolute Gasteiger partial charge is 0.348 e. The molecule has 0 spiro atoms. The van der Waals surface area contributed by atoms with Crippen LogP contribution < -0.4 is 5.32 Å². The number of rotatable bonds is 5. The Hall–Kier alpha value is -1.74. The fraction of sp³-hybridized carbons (Fsp3) is 0.476. The van der Waals surface area contributed by atoms with Crippen molar-refractivity contribution < 1.29 is 13.2 Å². The van der Waals surface area contributed by atoms with Gasteiger partial charge in [0, 0.05) is 31.1 Å². The molecule has 1 aromatic heterocycles. The number of thiophene rings is 1. The number of amides is 1. The topological polar surface area (TPSA) is 69.7 Å². The molecule has 1 saturated heterocycles. The molecule has 1 aromatic carbocycles. The molecule has 0 bridgehead atoms. The summed E-state index contributed by atoms with van der Waals surface area (Å²) >= 11 is 1.31. The minimum atomic E-state index is -3.42. The third-order valence-electron chi connectivity index (χ3n) is 5.71. The lowest BCUT2D eigenvalue weighted by molar-refractivity contribution is -0.123. The van der Waals surface area contributed by atoms with Crippen LogP contribution in [0.15, 0.2) is 40.6 Å². The number of fused-ring (bicyclic) bond motifs is 1. The van der Waals surface area contributed by atoms with Crippen molar-refractivity contribution in [1.82, 2.24) is 14.5 Å². The van der Waals surface area contributed by atoms with Crippen LogP contribution in [0.2, 0.25) is 0 Å². The smallest absolute Gasteiger partial charge is 0.252 e. The van der Waals surface area contributed by atoms with Crippen LogP contribution in [-0.2, 0) is 21.2 Å². The lowest BCUT2D eigenvalue weighted by Gasteiger charge is -2.34. The zero-order chi connectivity index (χ0) is 20.4. The van der Waals surface area contributed by atoms with E-state index in [9.17, 15) is 13.2 Å². The maximum atomic E-state index is 12.7. The van der Waals surface area contributed by atoms with Gasteiger partial charge in [0.1, 0.15) is 4.21 Å². The number of hydrogen-bond donors (Lipinski definition) is 1. The quantitative estimate of drug-likeness (QED) is 0.787. The van der Waals surface area contributed by atoms with Crippen molar-refractivity contribution >= 4 is 27.3 Å². The molecule has 8 heteroatoms. The van der Waals surface area contributed by atoms with Gasteiger partial charge in [0.05, 0.1) is 12.6 Å². The molecule has 1 amide bonds. The van der Waals surface area contributed by atoms with Crippen LogP contribution >= 0.6 is 11.3 Å². The summed E-state index contributed by atoms with van der Waals surface area (Å²) in [6, 6.07) is 11.9. The van der Waals surface area contributed by atoms with E-state index in [2.05, 4.69) is 17.4 Å². The molecule has 29 heavy (non-hydrogen) atoms. The maximum absolute atomic E-state index is 12.7. The van der Waals surface area contributed by atoms with Crippen molar-refractivity contribution in [2.75, 3.05) is 32.7 Å². The minimum absolute atomic E-state index is 0.0110. The van der Waals surface area contributed by atoms with E-state index in [0.717, 1.165) is 24.1 Å². The number of aryl methyl sites for hydroxylation is 2. The molecule has 156 valence electrons. The normalized spacial score (nSPS) is 20.9. The first-order valence-corrected chi connectivity index (χ1v) is 12.4. The Kier molecular flexibility index (Phi) is 6.06. The highest BCUT2D eigenvalue weighted by Gasteiger charge is 2.30. The van der Waals surface area contributed by atoms with Crippen LogP contribution in [0, 0.1) is 6.92 Å². The fourth-order valence-corrected chi connectivity index (χ4v) is 7.01. The van der Waals surface area contributed by atoms with E-state index in [4.69, 9.17) is 0 Å². The zero-order valence-corrected chi connectivity index (χ0v) is 18.3. The van der Waals surface area contributed by atoms with Gasteiger partial charge in [-0.25, -0.2) is 8.42 Å². The van der Waals surface area contributed by atoms with Gasteiger partial charge in [-0.1, -0.05) is 24.3 Å². The van der Waals surface area contributed by atoms with Crippen molar-refractivity contribution in [3.63, 3.8) is 0 Å². The Morgan fingerprint density at radius 3 is 2.62 bits per heavy atom. The Morgan fingerprint density at radius 2 is 1.90 bits per heavy atom. The molecule has 1 unspecified atom stereocenters. The molecule has 1 atom stereocenters. The van der Waals surface area contributed by atoms with Gasteiger partial charge in [0.2, 0.25) is 5.91 Å². The fourth-order valence-electron chi connectivity index (χ4n) is 4.15. The second-order valence-corrected chi connectivity index (χ2v) is 11.2. The first-order valence-electron chi connectivity index (χ1n) is 10.1. The number of piperazine rings is 1. The maximum Gasteiger partial charge on any atom is 0.252 e. The summed E-state index contributed by atoms with van der Waals surface area (Å²) in [4.78, 5) is 15.6. The highest BCUT2D eigenvalue weighted by atomic mass is 32.2. The molecule has 1 aliphatic carbocycles. The van der Waals surface area contributed by atoms with Gasteiger partial charge in [-0.3, -0.25) is 9.69 Å². The summed E-state index contributed by atoms with van der Waals surface area (Å²) in [5.41, 5.74) is 2.56. The second-order valence-electron chi connectivity index (χ2n) is 7.76. The monoisotopic (exact) mass is 433 g/mol. The summed E-state index contributed by atoms with van der Waals surface area (Å²) in [6.07, 6.45) is 3.12. The molecule has 2 aromatic rings. The van der Waals surface area contributed by atoms with Gasteiger partial charge >= 0.3 is 0 Å². The van der Waals surface area contributed by atoms with Gasteiger partial charge in [-0.05, 0) is 49.4 Å². The average molecular weight is 434 g/mol. The molecule has 2 heterocycles. The molecule has 2 aliphatic rings. The van der Waals surface area contributed by atoms with Crippen molar-refractivity contribution in [2.45, 2.75) is 36.4 Å². The van der Waals surface area contributed by atoms with Crippen molar-refractivity contribution in [3.8, 4) is 0 Å². The second kappa shape index (κ2) is 8.55. The molecule has 1 aliphatic heterocycles. The van der Waals surface area contributed by atoms with E-state index in [1.165, 1.54) is 26.8 Å². The highest BCUT2D eigenvalue weighted by molar-refractivity contribution is 7.91. The van der Waals surface area contributed by atoms with Gasteiger partial charge in [-0.15, -0.1) is 11.3 Å². The number of hydrogen-bond acceptors (Lipinski definition) is 5. The molecule has 4 rings (SSSR count). The number of benzene rings is 1. The Bertz CT molecular complexity index is 979. The lowest BCUT2D eigenvalue weighted by atomic mass is 9.88. The van der Waals surface area contributed by atoms with E-state index in [-0.39, 0.29) is 11.9 Å². The molecule has 1 N–H and O–H groups in total. The Labute approximate surface area is 176 Å². The molecule has 1 fully saturated rings. The lowest BCUT2D eigenvalue weighted by Crippen LogP contribution is -2.51. The van der Waals surface area contributed by atoms with E-state index >= 15 is 0 Å². The van der Waals surface area contributed by atoms with Crippen molar-refractivity contribution in [3.05, 3.63) is 52.4 Å². The molecular weight excluding hydrogens is 406 g/mol. The van der Waals surface area contributed by atoms with E-state index in [1.807, 2.05) is 30.0 Å². The number of carbonyl (C=O) groups excluding carboxylic acids is 1. The van der Waals surface area contributed by atoms with E-state index in [0.29, 0.717) is 36.9 Å².